The SMILES string of the molecule is O=C(c1cc(Br)cc(Br)c1)N1CCOCC1CCl. The fourth-order valence-electron chi connectivity index (χ4n) is 1.89. The Kier molecular flexibility index (Phi) is 5.06. The summed E-state index contributed by atoms with van der Waals surface area (Å²) in [4.78, 5) is 14.2. The summed E-state index contributed by atoms with van der Waals surface area (Å²) in [5, 5.41) is 0. The fourth-order valence-corrected chi connectivity index (χ4v) is 3.44. The van der Waals surface area contributed by atoms with Gasteiger partial charge in [0.1, 0.15) is 0 Å². The lowest BCUT2D eigenvalue weighted by molar-refractivity contribution is 0.00455. The lowest BCUT2D eigenvalue weighted by atomic mass is 10.1. The van der Waals surface area contributed by atoms with Gasteiger partial charge in [0, 0.05) is 26.9 Å². The smallest absolute Gasteiger partial charge is 0.254 e. The molecule has 18 heavy (non-hydrogen) atoms. The summed E-state index contributed by atoms with van der Waals surface area (Å²) in [5.74, 6) is 0.381. The Balaban J connectivity index is 2.23. The van der Waals surface area contributed by atoms with Crippen molar-refractivity contribution in [3.8, 4) is 0 Å². The average molecular weight is 397 g/mol. The predicted molar refractivity (Wildman–Crippen MR) is 78.2 cm³/mol. The topological polar surface area (TPSA) is 29.5 Å². The van der Waals surface area contributed by atoms with Gasteiger partial charge in [-0.2, -0.15) is 0 Å². The van der Waals surface area contributed by atoms with Crippen LogP contribution in [-0.4, -0.2) is 42.5 Å². The molecule has 1 unspecified atom stereocenters. The Morgan fingerprint density at radius 3 is 2.67 bits per heavy atom. The van der Waals surface area contributed by atoms with Crippen LogP contribution in [0.2, 0.25) is 0 Å². The molecule has 1 heterocycles. The first kappa shape index (κ1) is 14.3. The van der Waals surface area contributed by atoms with Crippen molar-refractivity contribution in [3.05, 3.63) is 32.7 Å². The van der Waals surface area contributed by atoms with Crippen LogP contribution in [0.1, 0.15) is 10.4 Å². The fraction of sp³-hybridized carbons (Fsp3) is 0.417. The van der Waals surface area contributed by atoms with E-state index in [0.717, 1.165) is 8.95 Å². The molecule has 1 aromatic rings. The van der Waals surface area contributed by atoms with Gasteiger partial charge in [0.25, 0.3) is 5.91 Å². The van der Waals surface area contributed by atoms with Crippen LogP contribution in [-0.2, 0) is 4.74 Å². The van der Waals surface area contributed by atoms with E-state index in [9.17, 15) is 4.79 Å². The van der Waals surface area contributed by atoms with Gasteiger partial charge >= 0.3 is 0 Å². The first-order valence-corrected chi connectivity index (χ1v) is 7.64. The predicted octanol–water partition coefficient (Wildman–Crippen LogP) is 3.29. The molecule has 1 amide bonds. The summed E-state index contributed by atoms with van der Waals surface area (Å²) in [7, 11) is 0. The van der Waals surface area contributed by atoms with Gasteiger partial charge in [-0.15, -0.1) is 11.6 Å². The molecule has 1 saturated heterocycles. The highest BCUT2D eigenvalue weighted by atomic mass is 79.9. The number of benzene rings is 1. The number of carbonyl (C=O) groups excluding carboxylic acids is 1. The maximum atomic E-state index is 12.4. The molecule has 0 spiro atoms. The van der Waals surface area contributed by atoms with Gasteiger partial charge in [-0.1, -0.05) is 31.9 Å². The van der Waals surface area contributed by atoms with E-state index in [2.05, 4.69) is 31.9 Å². The van der Waals surface area contributed by atoms with Crippen LogP contribution >= 0.6 is 43.5 Å². The van der Waals surface area contributed by atoms with Crippen molar-refractivity contribution in [2.45, 2.75) is 6.04 Å². The molecule has 0 saturated carbocycles. The molecule has 1 atom stereocenters. The van der Waals surface area contributed by atoms with Gasteiger partial charge in [0.2, 0.25) is 0 Å². The van der Waals surface area contributed by atoms with Gasteiger partial charge in [-0.3, -0.25) is 4.79 Å². The average Bonchev–Trinajstić information content (AvgIpc) is 2.36. The van der Waals surface area contributed by atoms with Crippen molar-refractivity contribution in [1.82, 2.24) is 4.90 Å². The van der Waals surface area contributed by atoms with Gasteiger partial charge in [0.05, 0.1) is 19.3 Å². The first-order chi connectivity index (χ1) is 8.61. The van der Waals surface area contributed by atoms with E-state index in [1.54, 1.807) is 4.90 Å². The second-order valence-corrected chi connectivity index (χ2v) is 6.18. The largest absolute Gasteiger partial charge is 0.377 e. The number of rotatable bonds is 2. The monoisotopic (exact) mass is 395 g/mol. The molecule has 0 aromatic heterocycles. The molecule has 0 bridgehead atoms. The minimum absolute atomic E-state index is 0.00838. The van der Waals surface area contributed by atoms with E-state index in [-0.39, 0.29) is 11.9 Å². The van der Waals surface area contributed by atoms with Crippen molar-refractivity contribution < 1.29 is 9.53 Å². The minimum atomic E-state index is -0.0503. The third-order valence-corrected chi connectivity index (χ3v) is 4.05. The first-order valence-electron chi connectivity index (χ1n) is 5.52. The van der Waals surface area contributed by atoms with Crippen LogP contribution in [0.15, 0.2) is 27.1 Å². The van der Waals surface area contributed by atoms with E-state index in [4.69, 9.17) is 16.3 Å². The Labute approximate surface area is 128 Å². The van der Waals surface area contributed by atoms with Crippen LogP contribution in [0, 0.1) is 0 Å². The third kappa shape index (κ3) is 3.26. The van der Waals surface area contributed by atoms with E-state index < -0.39 is 0 Å². The second-order valence-electron chi connectivity index (χ2n) is 4.04. The second kappa shape index (κ2) is 6.37. The van der Waals surface area contributed by atoms with Crippen molar-refractivity contribution in [1.29, 1.82) is 0 Å². The molecule has 3 nitrogen and oxygen atoms in total. The van der Waals surface area contributed by atoms with E-state index in [1.165, 1.54) is 0 Å². The molecule has 1 aliphatic rings. The summed E-state index contributed by atoms with van der Waals surface area (Å²) < 4.78 is 7.08. The molecule has 6 heteroatoms. The number of ether oxygens (including phenoxy) is 1. The zero-order valence-corrected chi connectivity index (χ0v) is 13.5. The molecule has 98 valence electrons. The van der Waals surface area contributed by atoms with E-state index in [0.29, 0.717) is 31.2 Å². The molecule has 0 aliphatic carbocycles. The molecular weight excluding hydrogens is 385 g/mol. The lowest BCUT2D eigenvalue weighted by Gasteiger charge is -2.34. The summed E-state index contributed by atoms with van der Waals surface area (Å²) in [6.45, 7) is 1.65. The quantitative estimate of drug-likeness (QED) is 0.717. The molecule has 1 fully saturated rings. The zero-order chi connectivity index (χ0) is 13.1. The molecule has 0 radical (unpaired) electrons. The number of alkyl halides is 1. The summed E-state index contributed by atoms with van der Waals surface area (Å²) in [6, 6.07) is 5.47. The van der Waals surface area contributed by atoms with Crippen LogP contribution in [0.25, 0.3) is 0 Å². The highest BCUT2D eigenvalue weighted by Gasteiger charge is 2.27. The number of carbonyl (C=O) groups is 1. The Morgan fingerprint density at radius 2 is 2.06 bits per heavy atom. The normalized spacial score (nSPS) is 19.9. The van der Waals surface area contributed by atoms with Crippen LogP contribution in [0.3, 0.4) is 0 Å². The maximum Gasteiger partial charge on any atom is 0.254 e. The minimum Gasteiger partial charge on any atom is -0.377 e. The standard InChI is InChI=1S/C12H12Br2ClNO2/c13-9-3-8(4-10(14)5-9)12(17)16-1-2-18-7-11(16)6-15/h3-5,11H,1-2,6-7H2. The molecule has 2 rings (SSSR count). The zero-order valence-electron chi connectivity index (χ0n) is 9.54. The summed E-state index contributed by atoms with van der Waals surface area (Å²) in [6.07, 6.45) is 0. The lowest BCUT2D eigenvalue weighted by Crippen LogP contribution is -2.49. The van der Waals surface area contributed by atoms with E-state index in [1.807, 2.05) is 18.2 Å². The summed E-state index contributed by atoms with van der Waals surface area (Å²) >= 11 is 12.6. The van der Waals surface area contributed by atoms with Gasteiger partial charge in [0.15, 0.2) is 0 Å². The van der Waals surface area contributed by atoms with Crippen LogP contribution in [0.5, 0.6) is 0 Å². The highest BCUT2D eigenvalue weighted by molar-refractivity contribution is 9.11. The van der Waals surface area contributed by atoms with Gasteiger partial charge < -0.3 is 9.64 Å². The molecule has 0 N–H and O–H groups in total. The number of morpholine rings is 1. The number of hydrogen-bond donors (Lipinski definition) is 0. The van der Waals surface area contributed by atoms with Crippen molar-refractivity contribution in [3.63, 3.8) is 0 Å². The number of amides is 1. The number of nitrogens with zero attached hydrogens (tertiary/aromatic N) is 1. The van der Waals surface area contributed by atoms with E-state index >= 15 is 0 Å². The van der Waals surface area contributed by atoms with Gasteiger partial charge in [-0.05, 0) is 18.2 Å². The highest BCUT2D eigenvalue weighted by Crippen LogP contribution is 2.22. The van der Waals surface area contributed by atoms with Crippen molar-refractivity contribution in [2.75, 3.05) is 25.6 Å². The maximum absolute atomic E-state index is 12.4. The molecule has 1 aliphatic heterocycles. The van der Waals surface area contributed by atoms with Crippen LogP contribution in [0.4, 0.5) is 0 Å². The molecule has 1 aromatic carbocycles. The Bertz CT molecular complexity index is 435. The molecular formula is C12H12Br2ClNO2. The van der Waals surface area contributed by atoms with Gasteiger partial charge in [-0.25, -0.2) is 0 Å². The Morgan fingerprint density at radius 1 is 1.39 bits per heavy atom. The number of hydrogen-bond acceptors (Lipinski definition) is 2. The van der Waals surface area contributed by atoms with Crippen molar-refractivity contribution in [2.24, 2.45) is 0 Å². The van der Waals surface area contributed by atoms with Crippen LogP contribution < -0.4 is 0 Å². The van der Waals surface area contributed by atoms with Crippen molar-refractivity contribution >= 4 is 49.4 Å². The number of halogens is 3. The Hall–Kier alpha value is -0.100. The third-order valence-electron chi connectivity index (χ3n) is 2.78. The summed E-state index contributed by atoms with van der Waals surface area (Å²) in [5.41, 5.74) is 0.647.